The van der Waals surface area contributed by atoms with Gasteiger partial charge in [-0.2, -0.15) is 0 Å². The molecule has 3 heteroatoms. The molecule has 0 aliphatic rings. The van der Waals surface area contributed by atoms with Gasteiger partial charge in [0.2, 0.25) is 0 Å². The first kappa shape index (κ1) is 31.3. The Morgan fingerprint density at radius 1 is 0.644 bits per heavy atom. The number of nitrogens with zero attached hydrogens (tertiary/aromatic N) is 1. The Labute approximate surface area is 270 Å². The van der Waals surface area contributed by atoms with Crippen molar-refractivity contribution in [1.29, 1.82) is 0 Å². The van der Waals surface area contributed by atoms with Gasteiger partial charge in [0.05, 0.1) is 6.04 Å². The topological polar surface area (TPSA) is 24.4 Å². The highest BCUT2D eigenvalue weighted by atomic mass is 28.3. The van der Waals surface area contributed by atoms with Gasteiger partial charge in [-0.3, -0.25) is 4.99 Å². The van der Waals surface area contributed by atoms with Crippen LogP contribution in [0.25, 0.3) is 22.3 Å². The fourth-order valence-electron chi connectivity index (χ4n) is 5.23. The zero-order valence-electron chi connectivity index (χ0n) is 26.8. The Balaban J connectivity index is 1.71. The van der Waals surface area contributed by atoms with E-state index in [0.717, 1.165) is 50.3 Å². The largest absolute Gasteiger partial charge is 0.363 e. The number of hydrogen-bond acceptors (Lipinski definition) is 1. The average Bonchev–Trinajstić information content (AvgIpc) is 3.07. The van der Waals surface area contributed by atoms with Crippen LogP contribution in [-0.2, 0) is 0 Å². The zero-order chi connectivity index (χ0) is 31.8. The molecular formula is C42H40N2Si. The lowest BCUT2D eigenvalue weighted by molar-refractivity contribution is 0.703. The van der Waals surface area contributed by atoms with E-state index in [0.29, 0.717) is 0 Å². The van der Waals surface area contributed by atoms with Crippen molar-refractivity contribution >= 4 is 13.9 Å². The molecule has 1 unspecified atom stereocenters. The first-order valence-electron chi connectivity index (χ1n) is 15.5. The summed E-state index contributed by atoms with van der Waals surface area (Å²) in [5.74, 6) is 6.99. The maximum Gasteiger partial charge on any atom is 0.130 e. The fourth-order valence-corrected chi connectivity index (χ4v) is 5.75. The lowest BCUT2D eigenvalue weighted by atomic mass is 9.90. The molecule has 5 aromatic rings. The summed E-state index contributed by atoms with van der Waals surface area (Å²) in [5, 5.41) is 3.84. The molecule has 0 aliphatic carbocycles. The highest BCUT2D eigenvalue weighted by Crippen LogP contribution is 2.35. The molecule has 5 rings (SSSR count). The van der Waals surface area contributed by atoms with E-state index in [1.807, 2.05) is 24.3 Å². The highest BCUT2D eigenvalue weighted by Gasteiger charge is 2.21. The van der Waals surface area contributed by atoms with Crippen LogP contribution in [0.2, 0.25) is 19.6 Å². The Morgan fingerprint density at radius 3 is 1.67 bits per heavy atom. The molecule has 45 heavy (non-hydrogen) atoms. The van der Waals surface area contributed by atoms with Crippen LogP contribution >= 0.6 is 0 Å². The maximum absolute atomic E-state index is 5.71. The van der Waals surface area contributed by atoms with Crippen LogP contribution in [0.15, 0.2) is 132 Å². The van der Waals surface area contributed by atoms with Gasteiger partial charge in [0.15, 0.2) is 0 Å². The van der Waals surface area contributed by atoms with Crippen LogP contribution < -0.4 is 5.32 Å². The summed E-state index contributed by atoms with van der Waals surface area (Å²) in [5.41, 5.74) is 13.2. The molecule has 0 aromatic heterocycles. The second kappa shape index (κ2) is 14.1. The number of rotatable bonds is 7. The summed E-state index contributed by atoms with van der Waals surface area (Å²) in [6, 6.07) is 44.2. The number of hydrogen-bond donors (Lipinski definition) is 1. The Morgan fingerprint density at radius 2 is 1.16 bits per heavy atom. The first-order valence-corrected chi connectivity index (χ1v) is 19.0. The number of aliphatic imine (C=N–C) groups is 1. The Kier molecular flexibility index (Phi) is 9.84. The Bertz CT molecular complexity index is 1860. The number of benzene rings is 5. The zero-order valence-corrected chi connectivity index (χ0v) is 27.8. The van der Waals surface area contributed by atoms with E-state index in [-0.39, 0.29) is 12.1 Å². The van der Waals surface area contributed by atoms with Gasteiger partial charge in [0.1, 0.15) is 13.9 Å². The van der Waals surface area contributed by atoms with E-state index >= 15 is 0 Å². The van der Waals surface area contributed by atoms with Crippen LogP contribution in [-0.4, -0.2) is 13.9 Å². The average molecular weight is 601 g/mol. The van der Waals surface area contributed by atoms with E-state index in [2.05, 4.69) is 159 Å². The standard InChI is InChI=1S/C42H40N2Si/c1-7-33-21-25-37(26-22-33)39-19-14-20-40(38-27-23-34(24-28-38)29-30-45(4,5)6)41(39)42(43-31(2)35-15-10-8-11-16-35)44-32(3)36-17-12-9-13-18-36/h1,8-28,31-32H,2-6H3,(H,43,44)/t31-,32?/m0/s1. The minimum absolute atomic E-state index is 0.0249. The van der Waals surface area contributed by atoms with Gasteiger partial charge in [0.25, 0.3) is 0 Å². The van der Waals surface area contributed by atoms with Crippen molar-refractivity contribution in [1.82, 2.24) is 5.32 Å². The summed E-state index contributed by atoms with van der Waals surface area (Å²) in [6.07, 6.45) is 5.71. The smallest absolute Gasteiger partial charge is 0.130 e. The number of amidine groups is 1. The van der Waals surface area contributed by atoms with Gasteiger partial charge in [0, 0.05) is 22.7 Å². The van der Waals surface area contributed by atoms with Crippen LogP contribution in [0.5, 0.6) is 0 Å². The van der Waals surface area contributed by atoms with Gasteiger partial charge in [-0.1, -0.05) is 135 Å². The van der Waals surface area contributed by atoms with Gasteiger partial charge in [-0.25, -0.2) is 0 Å². The molecule has 0 fully saturated rings. The SMILES string of the molecule is C#Cc1ccc(-c2cccc(-c3ccc(C#C[Si](C)(C)C)cc3)c2C(=N[C@@H](C)c2ccccc2)NC(C)c2ccccc2)cc1. The van der Waals surface area contributed by atoms with Crippen molar-refractivity contribution in [2.24, 2.45) is 4.99 Å². The van der Waals surface area contributed by atoms with Crippen molar-refractivity contribution in [2.75, 3.05) is 0 Å². The molecule has 222 valence electrons. The van der Waals surface area contributed by atoms with Crippen molar-refractivity contribution in [3.63, 3.8) is 0 Å². The van der Waals surface area contributed by atoms with E-state index in [9.17, 15) is 0 Å². The van der Waals surface area contributed by atoms with Crippen molar-refractivity contribution in [3.8, 4) is 46.1 Å². The molecule has 1 N–H and O–H groups in total. The van der Waals surface area contributed by atoms with Gasteiger partial charge >= 0.3 is 0 Å². The molecule has 2 atom stereocenters. The first-order chi connectivity index (χ1) is 21.7. The van der Waals surface area contributed by atoms with Crippen LogP contribution in [0.1, 0.15) is 53.7 Å². The van der Waals surface area contributed by atoms with E-state index < -0.39 is 8.07 Å². The summed E-state index contributed by atoms with van der Waals surface area (Å²) < 4.78 is 0. The predicted octanol–water partition coefficient (Wildman–Crippen LogP) is 10.1. The van der Waals surface area contributed by atoms with Gasteiger partial charge in [-0.05, 0) is 71.5 Å². The van der Waals surface area contributed by atoms with Gasteiger partial charge in [-0.15, -0.1) is 12.0 Å². The molecule has 0 amide bonds. The molecule has 5 aromatic carbocycles. The van der Waals surface area contributed by atoms with Crippen molar-refractivity contribution in [3.05, 3.63) is 155 Å². The molecule has 0 heterocycles. The molecule has 0 saturated heterocycles. The maximum atomic E-state index is 5.71. The molecule has 0 saturated carbocycles. The van der Waals surface area contributed by atoms with Gasteiger partial charge < -0.3 is 5.32 Å². The third-order valence-corrected chi connectivity index (χ3v) is 8.57. The summed E-state index contributed by atoms with van der Waals surface area (Å²) in [7, 11) is -1.48. The molecular weight excluding hydrogens is 561 g/mol. The van der Waals surface area contributed by atoms with Crippen LogP contribution in [0.3, 0.4) is 0 Å². The minimum Gasteiger partial charge on any atom is -0.363 e. The van der Waals surface area contributed by atoms with Crippen LogP contribution in [0, 0.1) is 23.8 Å². The summed E-state index contributed by atoms with van der Waals surface area (Å²) in [6.45, 7) is 11.1. The second-order valence-corrected chi connectivity index (χ2v) is 17.1. The van der Waals surface area contributed by atoms with Crippen LogP contribution in [0.4, 0.5) is 0 Å². The van der Waals surface area contributed by atoms with Crippen molar-refractivity contribution < 1.29 is 0 Å². The van der Waals surface area contributed by atoms with E-state index in [4.69, 9.17) is 11.4 Å². The van der Waals surface area contributed by atoms with E-state index in [1.54, 1.807) is 0 Å². The number of terminal acetylenes is 1. The van der Waals surface area contributed by atoms with E-state index in [1.165, 1.54) is 5.56 Å². The third kappa shape index (κ3) is 8.10. The highest BCUT2D eigenvalue weighted by molar-refractivity contribution is 6.83. The lowest BCUT2D eigenvalue weighted by Gasteiger charge is -2.24. The summed E-state index contributed by atoms with van der Waals surface area (Å²) >= 11 is 0. The minimum atomic E-state index is -1.48. The Hall–Kier alpha value is -5.09. The van der Waals surface area contributed by atoms with Crippen molar-refractivity contribution in [2.45, 2.75) is 45.6 Å². The second-order valence-electron chi connectivity index (χ2n) is 12.4. The summed E-state index contributed by atoms with van der Waals surface area (Å²) in [4.78, 5) is 5.42. The normalized spacial score (nSPS) is 12.8. The number of nitrogens with one attached hydrogen (secondary N) is 1. The molecule has 0 bridgehead atoms. The molecule has 0 spiro atoms. The monoisotopic (exact) mass is 600 g/mol. The lowest BCUT2D eigenvalue weighted by Crippen LogP contribution is -2.29. The molecule has 2 nitrogen and oxygen atoms in total. The molecule has 0 radical (unpaired) electrons. The third-order valence-electron chi connectivity index (χ3n) is 7.70. The fraction of sp³-hybridized carbons (Fsp3) is 0.167. The molecule has 0 aliphatic heterocycles. The predicted molar refractivity (Wildman–Crippen MR) is 195 cm³/mol. The quantitative estimate of drug-likeness (QED) is 0.0855.